The summed E-state index contributed by atoms with van der Waals surface area (Å²) >= 11 is 0. The standard InChI is InChI=1S/C64H46N2/c1-4-17-47(18-5-1)48-31-33-49(34-32-48)50-35-41-56(42-36-50)65(62-30-16-24-55-23-10-11-25-59(55)62)57-43-37-51(38-44-57)52-39-45-58(46-40-52)66(63-28-14-12-26-60(63)53-19-6-2-7-20-53)64-29-15-13-27-61(64)54-21-8-3-9-22-54/h1-46H. The molecule has 0 saturated heterocycles. The number of fused-ring (bicyclic) bond motifs is 1. The van der Waals surface area contributed by atoms with Gasteiger partial charge in [0.05, 0.1) is 17.1 Å². The van der Waals surface area contributed by atoms with Gasteiger partial charge in [-0.3, -0.25) is 0 Å². The molecular weight excluding hydrogens is 797 g/mol. The van der Waals surface area contributed by atoms with Gasteiger partial charge in [0.15, 0.2) is 0 Å². The summed E-state index contributed by atoms with van der Waals surface area (Å²) in [6, 6.07) is 100. The van der Waals surface area contributed by atoms with Gasteiger partial charge in [-0.25, -0.2) is 0 Å². The first-order valence-corrected chi connectivity index (χ1v) is 22.6. The predicted molar refractivity (Wildman–Crippen MR) is 280 cm³/mol. The minimum atomic E-state index is 1.08. The van der Waals surface area contributed by atoms with Gasteiger partial charge in [0.2, 0.25) is 0 Å². The Morgan fingerprint density at radius 2 is 0.485 bits per heavy atom. The van der Waals surface area contributed by atoms with Crippen molar-refractivity contribution in [1.29, 1.82) is 0 Å². The van der Waals surface area contributed by atoms with E-state index in [-0.39, 0.29) is 0 Å². The number of benzene rings is 11. The Morgan fingerprint density at radius 1 is 0.182 bits per heavy atom. The molecule has 0 aliphatic rings. The average Bonchev–Trinajstić information content (AvgIpc) is 3.41. The highest BCUT2D eigenvalue weighted by Crippen LogP contribution is 2.45. The molecule has 0 heterocycles. The van der Waals surface area contributed by atoms with Gasteiger partial charge in [-0.05, 0) is 104 Å². The zero-order chi connectivity index (χ0) is 44.1. The predicted octanol–water partition coefficient (Wildman–Crippen LogP) is 18.1. The van der Waals surface area contributed by atoms with Crippen LogP contribution in [0.25, 0.3) is 66.4 Å². The zero-order valence-electron chi connectivity index (χ0n) is 36.5. The Bertz CT molecular complexity index is 3270. The molecule has 11 aromatic rings. The first-order valence-electron chi connectivity index (χ1n) is 22.6. The van der Waals surface area contributed by atoms with Crippen molar-refractivity contribution >= 4 is 44.9 Å². The summed E-state index contributed by atoms with van der Waals surface area (Å²) in [5.41, 5.74) is 18.4. The molecule has 11 rings (SSSR count). The Hall–Kier alpha value is -8.72. The van der Waals surface area contributed by atoms with E-state index in [2.05, 4.69) is 289 Å². The van der Waals surface area contributed by atoms with Gasteiger partial charge >= 0.3 is 0 Å². The topological polar surface area (TPSA) is 6.48 Å². The minimum absolute atomic E-state index is 1.08. The van der Waals surface area contributed by atoms with Gasteiger partial charge in [-0.1, -0.05) is 224 Å². The summed E-state index contributed by atoms with van der Waals surface area (Å²) in [4.78, 5) is 4.79. The Morgan fingerprint density at radius 3 is 0.939 bits per heavy atom. The molecule has 312 valence electrons. The average molecular weight is 843 g/mol. The van der Waals surface area contributed by atoms with Gasteiger partial charge in [-0.15, -0.1) is 0 Å². The summed E-state index contributed by atoms with van der Waals surface area (Å²) in [7, 11) is 0. The Balaban J connectivity index is 0.945. The van der Waals surface area contributed by atoms with Crippen LogP contribution in [0, 0.1) is 0 Å². The third kappa shape index (κ3) is 8.05. The number of para-hydroxylation sites is 2. The molecule has 2 heteroatoms. The molecule has 0 fully saturated rings. The number of nitrogens with zero attached hydrogens (tertiary/aromatic N) is 2. The number of hydrogen-bond acceptors (Lipinski definition) is 2. The fraction of sp³-hybridized carbons (Fsp3) is 0. The normalized spacial score (nSPS) is 11.0. The van der Waals surface area contributed by atoms with Crippen LogP contribution in [0.1, 0.15) is 0 Å². The molecule has 0 amide bonds. The molecule has 0 atom stereocenters. The highest BCUT2D eigenvalue weighted by molar-refractivity contribution is 5.99. The lowest BCUT2D eigenvalue weighted by Crippen LogP contribution is -2.12. The van der Waals surface area contributed by atoms with E-state index in [9.17, 15) is 0 Å². The van der Waals surface area contributed by atoms with Crippen molar-refractivity contribution in [2.75, 3.05) is 9.80 Å². The third-order valence-electron chi connectivity index (χ3n) is 12.5. The van der Waals surface area contributed by atoms with Crippen molar-refractivity contribution in [1.82, 2.24) is 0 Å². The fourth-order valence-electron chi connectivity index (χ4n) is 9.19. The number of hydrogen-bond donors (Lipinski definition) is 0. The SMILES string of the molecule is c1ccc(-c2ccc(-c3ccc(N(c4ccc(-c5ccc(N(c6ccccc6-c6ccccc6)c6ccccc6-c6ccccc6)cc5)cc4)c4cccc5ccccc45)cc3)cc2)cc1. The van der Waals surface area contributed by atoms with Crippen LogP contribution in [-0.4, -0.2) is 0 Å². The molecule has 0 spiro atoms. The monoisotopic (exact) mass is 842 g/mol. The molecule has 11 aromatic carbocycles. The van der Waals surface area contributed by atoms with E-state index in [1.54, 1.807) is 0 Å². The maximum atomic E-state index is 2.41. The van der Waals surface area contributed by atoms with E-state index in [1.165, 1.54) is 55.3 Å². The van der Waals surface area contributed by atoms with Crippen LogP contribution in [-0.2, 0) is 0 Å². The molecule has 66 heavy (non-hydrogen) atoms. The summed E-state index contributed by atoms with van der Waals surface area (Å²) < 4.78 is 0. The zero-order valence-corrected chi connectivity index (χ0v) is 36.5. The van der Waals surface area contributed by atoms with Crippen LogP contribution in [0.15, 0.2) is 279 Å². The first kappa shape index (κ1) is 40.1. The molecule has 2 nitrogen and oxygen atoms in total. The quantitative estimate of drug-likeness (QED) is 0.128. The first-order chi connectivity index (χ1) is 32.7. The lowest BCUT2D eigenvalue weighted by molar-refractivity contribution is 1.28. The van der Waals surface area contributed by atoms with E-state index in [4.69, 9.17) is 0 Å². The van der Waals surface area contributed by atoms with Gasteiger partial charge in [0.1, 0.15) is 0 Å². The van der Waals surface area contributed by atoms with Crippen LogP contribution < -0.4 is 9.80 Å². The van der Waals surface area contributed by atoms with Crippen molar-refractivity contribution in [3.63, 3.8) is 0 Å². The number of anilines is 6. The van der Waals surface area contributed by atoms with Crippen molar-refractivity contribution < 1.29 is 0 Å². The van der Waals surface area contributed by atoms with Crippen LogP contribution in [0.2, 0.25) is 0 Å². The second-order valence-corrected chi connectivity index (χ2v) is 16.5. The van der Waals surface area contributed by atoms with Crippen molar-refractivity contribution in [3.05, 3.63) is 279 Å². The van der Waals surface area contributed by atoms with Gasteiger partial charge in [0.25, 0.3) is 0 Å². The summed E-state index contributed by atoms with van der Waals surface area (Å²) in [5, 5.41) is 2.41. The molecule has 0 aromatic heterocycles. The minimum Gasteiger partial charge on any atom is -0.310 e. The lowest BCUT2D eigenvalue weighted by atomic mass is 9.98. The van der Waals surface area contributed by atoms with E-state index in [0.29, 0.717) is 0 Å². The summed E-state index contributed by atoms with van der Waals surface area (Å²) in [6.45, 7) is 0. The summed E-state index contributed by atoms with van der Waals surface area (Å²) in [6.07, 6.45) is 0. The molecule has 0 unspecified atom stereocenters. The molecular formula is C64H46N2. The van der Waals surface area contributed by atoms with Crippen LogP contribution in [0.5, 0.6) is 0 Å². The largest absolute Gasteiger partial charge is 0.310 e. The van der Waals surface area contributed by atoms with Crippen LogP contribution in [0.4, 0.5) is 34.1 Å². The second kappa shape index (κ2) is 18.2. The maximum Gasteiger partial charge on any atom is 0.0540 e. The van der Waals surface area contributed by atoms with E-state index >= 15 is 0 Å². The van der Waals surface area contributed by atoms with Crippen molar-refractivity contribution in [2.45, 2.75) is 0 Å². The van der Waals surface area contributed by atoms with E-state index in [0.717, 1.165) is 45.3 Å². The summed E-state index contributed by atoms with van der Waals surface area (Å²) in [5.74, 6) is 0. The lowest BCUT2D eigenvalue weighted by Gasteiger charge is -2.30. The highest BCUT2D eigenvalue weighted by Gasteiger charge is 2.21. The van der Waals surface area contributed by atoms with Crippen LogP contribution in [0.3, 0.4) is 0 Å². The Kier molecular flexibility index (Phi) is 11.0. The second-order valence-electron chi connectivity index (χ2n) is 16.5. The molecule has 0 bridgehead atoms. The smallest absolute Gasteiger partial charge is 0.0540 e. The number of rotatable bonds is 11. The molecule has 0 radical (unpaired) electrons. The van der Waals surface area contributed by atoms with Gasteiger partial charge in [0, 0.05) is 33.6 Å². The molecule has 0 N–H and O–H groups in total. The third-order valence-corrected chi connectivity index (χ3v) is 12.5. The van der Waals surface area contributed by atoms with Crippen molar-refractivity contribution in [3.8, 4) is 55.6 Å². The van der Waals surface area contributed by atoms with Crippen molar-refractivity contribution in [2.24, 2.45) is 0 Å². The molecule has 0 aliphatic heterocycles. The maximum absolute atomic E-state index is 2.41. The Labute approximate surface area is 387 Å². The van der Waals surface area contributed by atoms with Gasteiger partial charge in [-0.2, -0.15) is 0 Å². The van der Waals surface area contributed by atoms with E-state index < -0.39 is 0 Å². The van der Waals surface area contributed by atoms with Gasteiger partial charge < -0.3 is 9.80 Å². The fourth-order valence-corrected chi connectivity index (χ4v) is 9.19. The molecule has 0 saturated carbocycles. The van der Waals surface area contributed by atoms with Crippen LogP contribution >= 0.6 is 0 Å². The van der Waals surface area contributed by atoms with E-state index in [1.807, 2.05) is 0 Å². The highest BCUT2D eigenvalue weighted by atomic mass is 15.2. The molecule has 0 aliphatic carbocycles.